The van der Waals surface area contributed by atoms with E-state index in [0.29, 0.717) is 30.4 Å². The molecule has 1 atom stereocenters. The molecule has 0 amide bonds. The largest absolute Gasteiger partial charge is 0.465 e. The number of aromatic nitrogens is 1. The molecule has 0 spiro atoms. The van der Waals surface area contributed by atoms with Gasteiger partial charge in [-0.3, -0.25) is 4.79 Å². The van der Waals surface area contributed by atoms with Crippen LogP contribution in [0.15, 0.2) is 22.7 Å². The van der Waals surface area contributed by atoms with Crippen molar-refractivity contribution in [1.82, 2.24) is 10.1 Å². The van der Waals surface area contributed by atoms with Crippen LogP contribution in [-0.2, 0) is 9.53 Å². The highest BCUT2D eigenvalue weighted by Crippen LogP contribution is 2.32. The Bertz CT molecular complexity index is 830. The monoisotopic (exact) mass is 446 g/mol. The molecular formula is C26H39FN2O3. The number of likely N-dealkylation sites (tertiary alicyclic amines) is 1. The molecular weight excluding hydrogens is 407 g/mol. The number of fused-ring (bicyclic) bond motifs is 1. The number of nitrogens with zero attached hydrogens (tertiary/aromatic N) is 2. The van der Waals surface area contributed by atoms with Crippen molar-refractivity contribution in [3.8, 4) is 0 Å². The zero-order valence-corrected chi connectivity index (χ0v) is 19.8. The predicted octanol–water partition coefficient (Wildman–Crippen LogP) is 6.47. The summed E-state index contributed by atoms with van der Waals surface area (Å²) >= 11 is 0. The summed E-state index contributed by atoms with van der Waals surface area (Å²) in [5, 5.41) is 5.15. The van der Waals surface area contributed by atoms with E-state index in [1.54, 1.807) is 6.07 Å². The van der Waals surface area contributed by atoms with Crippen molar-refractivity contribution in [2.45, 2.75) is 84.0 Å². The van der Waals surface area contributed by atoms with Gasteiger partial charge in [0.25, 0.3) is 0 Å². The van der Waals surface area contributed by atoms with Crippen LogP contribution in [0.25, 0.3) is 11.0 Å². The summed E-state index contributed by atoms with van der Waals surface area (Å²) in [5.41, 5.74) is 1.47. The smallest absolute Gasteiger partial charge is 0.305 e. The molecule has 1 aromatic carbocycles. The van der Waals surface area contributed by atoms with Crippen molar-refractivity contribution in [1.29, 1.82) is 0 Å². The van der Waals surface area contributed by atoms with Crippen molar-refractivity contribution in [3.63, 3.8) is 0 Å². The SMILES string of the molecule is CCCCCCCCCC(=O)OC[C@@H](C)CN1CCC(c2noc3cc(F)ccc23)CC1. The number of carbonyl (C=O) groups is 1. The first-order valence-electron chi connectivity index (χ1n) is 12.5. The molecule has 2 heterocycles. The highest BCUT2D eigenvalue weighted by Gasteiger charge is 2.26. The molecule has 0 bridgehead atoms. The summed E-state index contributed by atoms with van der Waals surface area (Å²) in [4.78, 5) is 14.4. The molecule has 1 saturated heterocycles. The molecule has 5 nitrogen and oxygen atoms in total. The Labute approximate surface area is 191 Å². The van der Waals surface area contributed by atoms with Crippen LogP contribution in [0.1, 0.15) is 89.7 Å². The van der Waals surface area contributed by atoms with Crippen molar-refractivity contribution in [3.05, 3.63) is 29.7 Å². The fraction of sp³-hybridized carbons (Fsp3) is 0.692. The van der Waals surface area contributed by atoms with Crippen LogP contribution in [0.4, 0.5) is 4.39 Å². The topological polar surface area (TPSA) is 55.6 Å². The van der Waals surface area contributed by atoms with E-state index in [1.165, 1.54) is 44.2 Å². The van der Waals surface area contributed by atoms with E-state index in [0.717, 1.165) is 56.4 Å². The number of esters is 1. The number of hydrogen-bond donors (Lipinski definition) is 0. The second-order valence-electron chi connectivity index (χ2n) is 9.44. The second-order valence-corrected chi connectivity index (χ2v) is 9.44. The molecule has 2 aromatic rings. The molecule has 1 aliphatic rings. The van der Waals surface area contributed by atoms with Crippen molar-refractivity contribution < 1.29 is 18.4 Å². The van der Waals surface area contributed by atoms with Crippen LogP contribution in [-0.4, -0.2) is 42.3 Å². The number of hydrogen-bond acceptors (Lipinski definition) is 5. The third kappa shape index (κ3) is 7.58. The van der Waals surface area contributed by atoms with E-state index in [1.807, 2.05) is 0 Å². The Morgan fingerprint density at radius 1 is 1.19 bits per heavy atom. The van der Waals surface area contributed by atoms with Crippen LogP contribution < -0.4 is 0 Å². The van der Waals surface area contributed by atoms with Crippen molar-refractivity contribution in [2.75, 3.05) is 26.2 Å². The third-order valence-corrected chi connectivity index (χ3v) is 6.52. The van der Waals surface area contributed by atoms with E-state index < -0.39 is 0 Å². The Morgan fingerprint density at radius 3 is 2.66 bits per heavy atom. The summed E-state index contributed by atoms with van der Waals surface area (Å²) < 4.78 is 24.2. The lowest BCUT2D eigenvalue weighted by Gasteiger charge is -2.32. The Hall–Kier alpha value is -1.95. The lowest BCUT2D eigenvalue weighted by molar-refractivity contribution is -0.145. The number of benzene rings is 1. The molecule has 1 aromatic heterocycles. The highest BCUT2D eigenvalue weighted by molar-refractivity contribution is 5.79. The Kier molecular flexibility index (Phi) is 9.97. The zero-order valence-electron chi connectivity index (χ0n) is 19.8. The van der Waals surface area contributed by atoms with Gasteiger partial charge < -0.3 is 14.2 Å². The first-order chi connectivity index (χ1) is 15.6. The number of carbonyl (C=O) groups excluding carboxylic acids is 1. The quantitative estimate of drug-likeness (QED) is 0.261. The first-order valence-corrected chi connectivity index (χ1v) is 12.5. The lowest BCUT2D eigenvalue weighted by atomic mass is 9.91. The summed E-state index contributed by atoms with van der Waals surface area (Å²) in [5.74, 6) is 0.305. The normalized spacial score (nSPS) is 16.5. The van der Waals surface area contributed by atoms with E-state index in [2.05, 4.69) is 23.9 Å². The summed E-state index contributed by atoms with van der Waals surface area (Å²) in [7, 11) is 0. The number of piperidine rings is 1. The molecule has 0 saturated carbocycles. The van der Waals surface area contributed by atoms with Crippen LogP contribution in [0.5, 0.6) is 0 Å². The molecule has 1 aliphatic heterocycles. The van der Waals surface area contributed by atoms with Gasteiger partial charge in [-0.15, -0.1) is 0 Å². The minimum Gasteiger partial charge on any atom is -0.465 e. The van der Waals surface area contributed by atoms with Gasteiger partial charge in [0.2, 0.25) is 0 Å². The maximum Gasteiger partial charge on any atom is 0.305 e. The second kappa shape index (κ2) is 12.9. The molecule has 0 N–H and O–H groups in total. The van der Waals surface area contributed by atoms with Gasteiger partial charge >= 0.3 is 5.97 Å². The van der Waals surface area contributed by atoms with Gasteiger partial charge in [-0.1, -0.05) is 57.5 Å². The molecule has 32 heavy (non-hydrogen) atoms. The first kappa shape index (κ1) is 24.7. The number of ether oxygens (including phenoxy) is 1. The van der Waals surface area contributed by atoms with Crippen LogP contribution in [0, 0.1) is 11.7 Å². The van der Waals surface area contributed by atoms with Gasteiger partial charge in [-0.25, -0.2) is 4.39 Å². The summed E-state index contributed by atoms with van der Waals surface area (Å²) in [6, 6.07) is 4.64. The average Bonchev–Trinajstić information content (AvgIpc) is 3.20. The lowest BCUT2D eigenvalue weighted by Crippen LogP contribution is -2.37. The zero-order chi connectivity index (χ0) is 22.8. The molecule has 1 fully saturated rings. The number of unbranched alkanes of at least 4 members (excludes halogenated alkanes) is 6. The van der Waals surface area contributed by atoms with Crippen LogP contribution >= 0.6 is 0 Å². The van der Waals surface area contributed by atoms with E-state index in [9.17, 15) is 9.18 Å². The Morgan fingerprint density at radius 2 is 1.91 bits per heavy atom. The molecule has 0 radical (unpaired) electrons. The highest BCUT2D eigenvalue weighted by atomic mass is 19.1. The number of halogens is 1. The van der Waals surface area contributed by atoms with Gasteiger partial charge in [0.05, 0.1) is 12.3 Å². The van der Waals surface area contributed by atoms with E-state index in [-0.39, 0.29) is 11.8 Å². The van der Waals surface area contributed by atoms with Gasteiger partial charge in [0, 0.05) is 36.3 Å². The van der Waals surface area contributed by atoms with Crippen LogP contribution in [0.2, 0.25) is 0 Å². The standard InChI is InChI=1S/C26H39FN2O3/c1-3-4-5-6-7-8-9-10-25(30)31-19-20(2)18-29-15-13-21(14-16-29)26-23-12-11-22(27)17-24(23)32-28-26/h11-12,17,20-21H,3-10,13-16,18-19H2,1-2H3/t20-/m0/s1. The van der Waals surface area contributed by atoms with Crippen molar-refractivity contribution >= 4 is 16.9 Å². The minimum absolute atomic E-state index is 0.0570. The maximum atomic E-state index is 13.4. The van der Waals surface area contributed by atoms with E-state index >= 15 is 0 Å². The van der Waals surface area contributed by atoms with Gasteiger partial charge in [0.1, 0.15) is 5.82 Å². The van der Waals surface area contributed by atoms with Crippen LogP contribution in [0.3, 0.4) is 0 Å². The fourth-order valence-corrected chi connectivity index (χ4v) is 4.64. The number of rotatable bonds is 13. The fourth-order valence-electron chi connectivity index (χ4n) is 4.64. The van der Waals surface area contributed by atoms with Gasteiger partial charge in [-0.2, -0.15) is 0 Å². The molecule has 178 valence electrons. The van der Waals surface area contributed by atoms with Crippen molar-refractivity contribution in [2.24, 2.45) is 5.92 Å². The molecule has 6 heteroatoms. The predicted molar refractivity (Wildman–Crippen MR) is 125 cm³/mol. The van der Waals surface area contributed by atoms with E-state index in [4.69, 9.17) is 9.26 Å². The molecule has 3 rings (SSSR count). The summed E-state index contributed by atoms with van der Waals surface area (Å²) in [6.45, 7) is 7.76. The average molecular weight is 447 g/mol. The summed E-state index contributed by atoms with van der Waals surface area (Å²) in [6.07, 6.45) is 11.0. The maximum absolute atomic E-state index is 13.4. The molecule has 0 unspecified atom stereocenters. The van der Waals surface area contributed by atoms with Gasteiger partial charge in [0.15, 0.2) is 5.58 Å². The minimum atomic E-state index is -0.299. The molecule has 0 aliphatic carbocycles. The van der Waals surface area contributed by atoms with Gasteiger partial charge in [-0.05, 0) is 44.5 Å². The Balaban J connectivity index is 1.30. The third-order valence-electron chi connectivity index (χ3n) is 6.52.